The number of rotatable bonds is 2. The number of Topliss-reactive ketones (excluding diaryl/α,β-unsaturated/α-hetero) is 1. The molecule has 0 spiro atoms. The van der Waals surface area contributed by atoms with E-state index >= 15 is 0 Å². The van der Waals surface area contributed by atoms with Crippen molar-refractivity contribution >= 4 is 5.78 Å². The molecule has 0 aliphatic heterocycles. The topological polar surface area (TPSA) is 74.0 Å². The molecule has 0 saturated heterocycles. The predicted molar refractivity (Wildman–Crippen MR) is 65.1 cm³/mol. The molecule has 0 fully saturated rings. The van der Waals surface area contributed by atoms with Crippen LogP contribution in [0.2, 0.25) is 0 Å². The van der Waals surface area contributed by atoms with E-state index in [1.807, 2.05) is 0 Å². The summed E-state index contributed by atoms with van der Waals surface area (Å²) in [5.41, 5.74) is 0.0619. The summed E-state index contributed by atoms with van der Waals surface area (Å²) in [5.74, 6) is -0.0534. The molecular weight excluding hydrogens is 234 g/mol. The van der Waals surface area contributed by atoms with Crippen LogP contribution in [0.1, 0.15) is 17.3 Å². The molecule has 0 aliphatic rings. The van der Waals surface area contributed by atoms with Gasteiger partial charge in [-0.3, -0.25) is 14.2 Å². The van der Waals surface area contributed by atoms with Gasteiger partial charge in [0.05, 0.1) is 5.69 Å². The van der Waals surface area contributed by atoms with Gasteiger partial charge in [0.1, 0.15) is 6.20 Å². The molecule has 0 atom stereocenters. The van der Waals surface area contributed by atoms with Crippen molar-refractivity contribution in [3.63, 3.8) is 0 Å². The zero-order valence-electron chi connectivity index (χ0n) is 9.95. The van der Waals surface area contributed by atoms with Crippen LogP contribution in [0.5, 0.6) is 0 Å². The fraction of sp³-hybridized carbons (Fsp3) is 0.167. The highest BCUT2D eigenvalue weighted by molar-refractivity contribution is 5.94. The second kappa shape index (κ2) is 4.40. The summed E-state index contributed by atoms with van der Waals surface area (Å²) in [6, 6.07) is 6.43. The Morgan fingerprint density at radius 3 is 2.33 bits per heavy atom. The number of aromatic nitrogens is 3. The van der Waals surface area contributed by atoms with E-state index in [0.29, 0.717) is 11.3 Å². The number of nitrogens with zero attached hydrogens (tertiary/aromatic N) is 3. The number of hydrogen-bond donors (Lipinski definition) is 0. The van der Waals surface area contributed by atoms with Crippen molar-refractivity contribution in [3.05, 3.63) is 56.9 Å². The third-order valence-corrected chi connectivity index (χ3v) is 2.60. The maximum atomic E-state index is 11.8. The molecule has 1 aromatic carbocycles. The van der Waals surface area contributed by atoms with E-state index in [0.717, 1.165) is 15.4 Å². The normalized spacial score (nSPS) is 10.3. The number of hydrogen-bond acceptors (Lipinski definition) is 4. The van der Waals surface area contributed by atoms with Crippen LogP contribution in [-0.2, 0) is 7.05 Å². The fourth-order valence-corrected chi connectivity index (χ4v) is 1.49. The third-order valence-electron chi connectivity index (χ3n) is 2.60. The van der Waals surface area contributed by atoms with Crippen LogP contribution in [0.25, 0.3) is 5.69 Å². The van der Waals surface area contributed by atoms with Crippen molar-refractivity contribution in [1.82, 2.24) is 14.3 Å². The molecule has 0 N–H and O–H groups in total. The molecule has 18 heavy (non-hydrogen) atoms. The van der Waals surface area contributed by atoms with Gasteiger partial charge in [0.2, 0.25) is 0 Å². The smallest absolute Gasteiger partial charge is 0.295 e. The van der Waals surface area contributed by atoms with Gasteiger partial charge in [-0.25, -0.2) is 4.79 Å². The molecule has 0 amide bonds. The van der Waals surface area contributed by atoms with Gasteiger partial charge < -0.3 is 0 Å². The first-order valence-electron chi connectivity index (χ1n) is 5.27. The van der Waals surface area contributed by atoms with Crippen LogP contribution in [0.4, 0.5) is 0 Å². The molecule has 6 heteroatoms. The second-order valence-electron chi connectivity index (χ2n) is 3.84. The van der Waals surface area contributed by atoms with Crippen LogP contribution < -0.4 is 11.2 Å². The number of ketones is 1. The fourth-order valence-electron chi connectivity index (χ4n) is 1.49. The summed E-state index contributed by atoms with van der Waals surface area (Å²) in [5, 5.41) is 3.77. The van der Waals surface area contributed by atoms with E-state index in [9.17, 15) is 14.4 Å². The summed E-state index contributed by atoms with van der Waals surface area (Å²) >= 11 is 0. The summed E-state index contributed by atoms with van der Waals surface area (Å²) in [6.45, 7) is 1.46. The van der Waals surface area contributed by atoms with Crippen molar-refractivity contribution in [2.45, 2.75) is 6.92 Å². The van der Waals surface area contributed by atoms with Gasteiger partial charge in [0, 0.05) is 12.6 Å². The molecular formula is C12H11N3O3. The van der Waals surface area contributed by atoms with Gasteiger partial charge in [-0.1, -0.05) is 0 Å². The first-order valence-corrected chi connectivity index (χ1v) is 5.27. The Morgan fingerprint density at radius 1 is 1.17 bits per heavy atom. The van der Waals surface area contributed by atoms with E-state index in [2.05, 4.69) is 5.10 Å². The minimum absolute atomic E-state index is 0.0534. The van der Waals surface area contributed by atoms with Gasteiger partial charge in [0.25, 0.3) is 5.56 Å². The van der Waals surface area contributed by atoms with Crippen molar-refractivity contribution < 1.29 is 4.79 Å². The van der Waals surface area contributed by atoms with Crippen molar-refractivity contribution in [2.75, 3.05) is 0 Å². The van der Waals surface area contributed by atoms with Crippen molar-refractivity contribution in [1.29, 1.82) is 0 Å². The van der Waals surface area contributed by atoms with Gasteiger partial charge in [0.15, 0.2) is 5.78 Å². The Morgan fingerprint density at radius 2 is 1.78 bits per heavy atom. The van der Waals surface area contributed by atoms with Crippen molar-refractivity contribution in [2.24, 2.45) is 7.05 Å². The predicted octanol–water partition coefficient (Wildman–Crippen LogP) is 0.134. The minimum atomic E-state index is -0.530. The van der Waals surface area contributed by atoms with Gasteiger partial charge in [-0.05, 0) is 31.2 Å². The van der Waals surface area contributed by atoms with Crippen LogP contribution in [-0.4, -0.2) is 20.1 Å². The number of benzene rings is 1. The number of carbonyl (C=O) groups is 1. The highest BCUT2D eigenvalue weighted by atomic mass is 16.2. The highest BCUT2D eigenvalue weighted by Gasteiger charge is 2.06. The van der Waals surface area contributed by atoms with E-state index in [1.165, 1.54) is 14.0 Å². The Balaban J connectivity index is 2.56. The van der Waals surface area contributed by atoms with E-state index in [4.69, 9.17) is 0 Å². The summed E-state index contributed by atoms with van der Waals surface area (Å²) in [4.78, 5) is 34.1. The number of carbonyl (C=O) groups excluding carboxylic acids is 1. The lowest BCUT2D eigenvalue weighted by molar-refractivity contribution is 0.101. The summed E-state index contributed by atoms with van der Waals surface area (Å²) < 4.78 is 2.07. The van der Waals surface area contributed by atoms with Gasteiger partial charge in [-0.15, -0.1) is 0 Å². The molecule has 0 radical (unpaired) electrons. The first kappa shape index (κ1) is 12.0. The van der Waals surface area contributed by atoms with Crippen molar-refractivity contribution in [3.8, 4) is 5.69 Å². The van der Waals surface area contributed by atoms with E-state index < -0.39 is 11.2 Å². The average molecular weight is 245 g/mol. The van der Waals surface area contributed by atoms with E-state index in [-0.39, 0.29) is 5.78 Å². The lowest BCUT2D eigenvalue weighted by atomic mass is 10.1. The average Bonchev–Trinajstić information content (AvgIpc) is 2.36. The van der Waals surface area contributed by atoms with Gasteiger partial charge >= 0.3 is 5.69 Å². The summed E-state index contributed by atoms with van der Waals surface area (Å²) in [7, 11) is 1.38. The largest absolute Gasteiger partial charge is 0.351 e. The molecule has 92 valence electrons. The molecule has 1 aromatic heterocycles. The molecule has 1 heterocycles. The standard InChI is InChI=1S/C12H11N3O3/c1-8(16)9-3-5-10(6-4-9)15-12(18)14(2)11(17)7-13-15/h3-7H,1-2H3. The molecule has 2 rings (SSSR count). The van der Waals surface area contributed by atoms with E-state index in [1.54, 1.807) is 24.3 Å². The maximum Gasteiger partial charge on any atom is 0.351 e. The molecule has 6 nitrogen and oxygen atoms in total. The Labute approximate surface area is 102 Å². The Bertz CT molecular complexity index is 711. The first-order chi connectivity index (χ1) is 8.50. The lowest BCUT2D eigenvalue weighted by Crippen LogP contribution is -2.38. The lowest BCUT2D eigenvalue weighted by Gasteiger charge is -2.05. The van der Waals surface area contributed by atoms with Crippen LogP contribution in [0.3, 0.4) is 0 Å². The molecule has 2 aromatic rings. The SMILES string of the molecule is CC(=O)c1ccc(-n2ncc(=O)n(C)c2=O)cc1. The Kier molecular flexibility index (Phi) is 2.93. The zero-order valence-corrected chi connectivity index (χ0v) is 9.95. The Hall–Kier alpha value is -2.50. The molecule has 0 saturated carbocycles. The molecule has 0 bridgehead atoms. The monoisotopic (exact) mass is 245 g/mol. The van der Waals surface area contributed by atoms with Crippen LogP contribution in [0.15, 0.2) is 40.1 Å². The zero-order chi connectivity index (χ0) is 13.3. The summed E-state index contributed by atoms with van der Waals surface area (Å²) in [6.07, 6.45) is 1.07. The highest BCUT2D eigenvalue weighted by Crippen LogP contribution is 2.06. The molecule has 0 aliphatic carbocycles. The third kappa shape index (κ3) is 2.00. The second-order valence-corrected chi connectivity index (χ2v) is 3.84. The maximum absolute atomic E-state index is 11.8. The van der Waals surface area contributed by atoms with Crippen LogP contribution in [0, 0.1) is 0 Å². The quantitative estimate of drug-likeness (QED) is 0.705. The van der Waals surface area contributed by atoms with Crippen LogP contribution >= 0.6 is 0 Å². The molecule has 0 unspecified atom stereocenters. The minimum Gasteiger partial charge on any atom is -0.295 e. The van der Waals surface area contributed by atoms with Gasteiger partial charge in [-0.2, -0.15) is 9.78 Å².